The Kier molecular flexibility index (Phi) is 7.15. The molecule has 4 nitrogen and oxygen atoms in total. The van der Waals surface area contributed by atoms with Gasteiger partial charge in [0.05, 0.1) is 21.8 Å². The third-order valence-corrected chi connectivity index (χ3v) is 11.9. The summed E-state index contributed by atoms with van der Waals surface area (Å²) in [5.74, 6) is 0.200. The lowest BCUT2D eigenvalue weighted by Crippen LogP contribution is -2.10. The molecule has 0 aliphatic heterocycles. The summed E-state index contributed by atoms with van der Waals surface area (Å²) in [7, 11) is 0. The number of anilines is 6. The first-order valence-electron chi connectivity index (χ1n) is 18.4. The van der Waals surface area contributed by atoms with Gasteiger partial charge in [-0.1, -0.05) is 115 Å². The van der Waals surface area contributed by atoms with Gasteiger partial charge in [0.2, 0.25) is 0 Å². The summed E-state index contributed by atoms with van der Waals surface area (Å²) in [6.07, 6.45) is 0. The van der Waals surface area contributed by atoms with E-state index in [-0.39, 0.29) is 5.75 Å². The molecule has 5 heteroatoms. The molecule has 0 atom stereocenters. The van der Waals surface area contributed by atoms with Gasteiger partial charge in [-0.2, -0.15) is 0 Å². The molecule has 0 aliphatic carbocycles. The lowest BCUT2D eigenvalue weighted by atomic mass is 9.99. The van der Waals surface area contributed by atoms with Gasteiger partial charge in [-0.3, -0.25) is 0 Å². The van der Waals surface area contributed by atoms with Crippen molar-refractivity contribution in [2.24, 2.45) is 0 Å². The van der Waals surface area contributed by atoms with Crippen molar-refractivity contribution in [2.75, 3.05) is 9.80 Å². The van der Waals surface area contributed by atoms with E-state index in [0.29, 0.717) is 0 Å². The summed E-state index contributed by atoms with van der Waals surface area (Å²) in [6.45, 7) is 0. The van der Waals surface area contributed by atoms with Crippen molar-refractivity contribution in [1.29, 1.82) is 0 Å². The quantitative estimate of drug-likeness (QED) is 0.173. The van der Waals surface area contributed by atoms with Gasteiger partial charge in [0.25, 0.3) is 0 Å². The van der Waals surface area contributed by atoms with E-state index < -0.39 is 0 Å². The van der Waals surface area contributed by atoms with Crippen LogP contribution in [0.15, 0.2) is 192 Å². The fraction of sp³-hybridized carbons (Fsp3) is 0. The van der Waals surface area contributed by atoms with Gasteiger partial charge in [0, 0.05) is 54.8 Å². The van der Waals surface area contributed by atoms with Gasteiger partial charge < -0.3 is 19.3 Å². The number of aromatic hydroxyl groups is 1. The number of benzene rings is 9. The van der Waals surface area contributed by atoms with Crippen LogP contribution in [0, 0.1) is 0 Å². The third kappa shape index (κ3) is 5.05. The van der Waals surface area contributed by atoms with E-state index in [4.69, 9.17) is 4.42 Å². The summed E-state index contributed by atoms with van der Waals surface area (Å²) < 4.78 is 8.80. The number of phenols is 1. The third-order valence-electron chi connectivity index (χ3n) is 10.7. The fourth-order valence-corrected chi connectivity index (χ4v) is 9.42. The second-order valence-corrected chi connectivity index (χ2v) is 14.9. The number of phenolic OH excluding ortho intramolecular Hbond substituents is 1. The molecule has 2 heterocycles. The van der Waals surface area contributed by atoms with Crippen molar-refractivity contribution < 1.29 is 9.52 Å². The van der Waals surface area contributed by atoms with E-state index in [9.17, 15) is 5.11 Å². The Morgan fingerprint density at radius 2 is 1.05 bits per heavy atom. The normalized spacial score (nSPS) is 11.7. The molecule has 0 spiro atoms. The first-order valence-corrected chi connectivity index (χ1v) is 19.2. The molecule has 1 N–H and O–H groups in total. The minimum Gasteiger partial charge on any atom is -0.508 e. The highest BCUT2D eigenvalue weighted by atomic mass is 32.1. The lowest BCUT2D eigenvalue weighted by molar-refractivity contribution is 0.476. The Balaban J connectivity index is 1.16. The maximum absolute atomic E-state index is 11.6. The van der Waals surface area contributed by atoms with Crippen molar-refractivity contribution >= 4 is 109 Å². The molecule has 2 aromatic heterocycles. The van der Waals surface area contributed by atoms with Gasteiger partial charge in [-0.05, 0) is 82.9 Å². The van der Waals surface area contributed by atoms with Crippen molar-refractivity contribution in [3.05, 3.63) is 188 Å². The molecule has 55 heavy (non-hydrogen) atoms. The number of thiophene rings is 1. The predicted molar refractivity (Wildman–Crippen MR) is 233 cm³/mol. The van der Waals surface area contributed by atoms with Crippen LogP contribution < -0.4 is 9.80 Å². The monoisotopic (exact) mass is 724 g/mol. The van der Waals surface area contributed by atoms with Crippen LogP contribution in [0.4, 0.5) is 34.1 Å². The van der Waals surface area contributed by atoms with Gasteiger partial charge in [-0.15, -0.1) is 11.3 Å². The van der Waals surface area contributed by atoms with Crippen LogP contribution in [0.25, 0.3) is 63.7 Å². The zero-order chi connectivity index (χ0) is 36.5. The molecule has 0 fully saturated rings. The molecule has 0 amide bonds. The first-order chi connectivity index (χ1) is 27.2. The first kappa shape index (κ1) is 31.4. The zero-order valence-electron chi connectivity index (χ0n) is 29.6. The van der Waals surface area contributed by atoms with E-state index in [1.54, 1.807) is 11.3 Å². The predicted octanol–water partition coefficient (Wildman–Crippen LogP) is 14.9. The second kappa shape index (κ2) is 12.5. The Morgan fingerprint density at radius 3 is 1.85 bits per heavy atom. The molecule has 9 aromatic carbocycles. The highest BCUT2D eigenvalue weighted by molar-refractivity contribution is 7.26. The van der Waals surface area contributed by atoms with Gasteiger partial charge >= 0.3 is 0 Å². The Hall–Kier alpha value is -7.08. The van der Waals surface area contributed by atoms with Crippen LogP contribution in [0.1, 0.15) is 0 Å². The van der Waals surface area contributed by atoms with Crippen molar-refractivity contribution in [3.63, 3.8) is 0 Å². The molecule has 0 aliphatic rings. The van der Waals surface area contributed by atoms with E-state index >= 15 is 0 Å². The van der Waals surface area contributed by atoms with E-state index in [2.05, 4.69) is 149 Å². The van der Waals surface area contributed by atoms with Crippen LogP contribution in [0.3, 0.4) is 0 Å². The number of rotatable bonds is 6. The average Bonchev–Trinajstić information content (AvgIpc) is 3.81. The molecule has 11 aromatic rings. The Bertz CT molecular complexity index is 3240. The molecule has 11 rings (SSSR count). The number of fused-ring (bicyclic) bond motifs is 9. The Labute approximate surface area is 320 Å². The molecular weight excluding hydrogens is 693 g/mol. The molecule has 0 radical (unpaired) electrons. The van der Waals surface area contributed by atoms with Crippen LogP contribution in [-0.2, 0) is 0 Å². The van der Waals surface area contributed by atoms with Crippen molar-refractivity contribution in [1.82, 2.24) is 0 Å². The largest absolute Gasteiger partial charge is 0.508 e. The second-order valence-electron chi connectivity index (χ2n) is 13.9. The van der Waals surface area contributed by atoms with E-state index in [1.807, 2.05) is 48.5 Å². The fourth-order valence-electron chi connectivity index (χ4n) is 8.26. The summed E-state index contributed by atoms with van der Waals surface area (Å²) in [6, 6.07) is 65.5. The van der Waals surface area contributed by atoms with Crippen LogP contribution in [-0.4, -0.2) is 5.11 Å². The van der Waals surface area contributed by atoms with Gasteiger partial charge in [0.1, 0.15) is 11.3 Å². The van der Waals surface area contributed by atoms with E-state index in [0.717, 1.165) is 76.2 Å². The van der Waals surface area contributed by atoms with Crippen molar-refractivity contribution in [3.8, 4) is 5.75 Å². The maximum Gasteiger partial charge on any atom is 0.159 e. The molecule has 0 saturated carbocycles. The van der Waals surface area contributed by atoms with Gasteiger partial charge in [0.15, 0.2) is 5.58 Å². The topological polar surface area (TPSA) is 39.9 Å². The number of hydrogen-bond acceptors (Lipinski definition) is 5. The maximum atomic E-state index is 11.6. The summed E-state index contributed by atoms with van der Waals surface area (Å²) >= 11 is 1.74. The highest BCUT2D eigenvalue weighted by Crippen LogP contribution is 2.50. The summed E-state index contributed by atoms with van der Waals surface area (Å²) in [5, 5.41) is 20.6. The van der Waals surface area contributed by atoms with E-state index in [1.165, 1.54) is 21.5 Å². The number of nitrogens with zero attached hydrogens (tertiary/aromatic N) is 2. The molecule has 0 unspecified atom stereocenters. The zero-order valence-corrected chi connectivity index (χ0v) is 30.4. The minimum atomic E-state index is 0.200. The number of furan rings is 1. The molecule has 0 bridgehead atoms. The lowest BCUT2D eigenvalue weighted by Gasteiger charge is -2.27. The average molecular weight is 725 g/mol. The standard InChI is InChI=1S/C50H32N2O2S/c53-36-30-43-42-29-35(51(33-15-3-1-4-16-33)45-28-32-14-7-8-19-37(32)38-20-9-10-21-39(38)45)26-27-48(42)55-50(43)46(31-36)52(34-17-5-2-6-18-34)44-24-13-23-41-40-22-11-12-25-47(40)54-49(41)44/h1-31,53H. The molecule has 260 valence electrons. The Morgan fingerprint density at radius 1 is 0.400 bits per heavy atom. The summed E-state index contributed by atoms with van der Waals surface area (Å²) in [5.41, 5.74) is 7.62. The summed E-state index contributed by atoms with van der Waals surface area (Å²) in [4.78, 5) is 4.58. The highest BCUT2D eigenvalue weighted by Gasteiger charge is 2.24. The SMILES string of the molecule is Oc1cc(N(c2ccccc2)c2cccc3c2oc2ccccc23)c2sc3ccc(N(c4ccccc4)c4cc5ccccc5c5ccccc45)cc3c2c1. The number of hydrogen-bond donors (Lipinski definition) is 1. The van der Waals surface area contributed by atoms with Gasteiger partial charge in [-0.25, -0.2) is 0 Å². The van der Waals surface area contributed by atoms with Crippen LogP contribution >= 0.6 is 11.3 Å². The minimum absolute atomic E-state index is 0.200. The van der Waals surface area contributed by atoms with Crippen molar-refractivity contribution in [2.45, 2.75) is 0 Å². The molecular formula is C50H32N2O2S. The smallest absolute Gasteiger partial charge is 0.159 e. The van der Waals surface area contributed by atoms with Crippen LogP contribution in [0.2, 0.25) is 0 Å². The van der Waals surface area contributed by atoms with Crippen LogP contribution in [0.5, 0.6) is 5.75 Å². The number of para-hydroxylation sites is 4. The molecule has 0 saturated heterocycles.